The van der Waals surface area contributed by atoms with Gasteiger partial charge in [0.25, 0.3) is 0 Å². The van der Waals surface area contributed by atoms with E-state index in [9.17, 15) is 22.8 Å². The normalized spacial score (nSPS) is 19.9. The van der Waals surface area contributed by atoms with E-state index in [1.54, 1.807) is 13.8 Å². The van der Waals surface area contributed by atoms with Gasteiger partial charge >= 0.3 is 6.18 Å². The number of rotatable bonds is 1. The van der Waals surface area contributed by atoms with Crippen LogP contribution in [0.5, 0.6) is 0 Å². The first-order valence-corrected chi connectivity index (χ1v) is 6.81. The molecule has 114 valence electrons. The van der Waals surface area contributed by atoms with Gasteiger partial charge in [-0.3, -0.25) is 9.59 Å². The van der Waals surface area contributed by atoms with Crippen LogP contribution < -0.4 is 0 Å². The fourth-order valence-corrected chi connectivity index (χ4v) is 2.93. The van der Waals surface area contributed by atoms with Crippen LogP contribution in [0.3, 0.4) is 0 Å². The zero-order valence-corrected chi connectivity index (χ0v) is 12.3. The summed E-state index contributed by atoms with van der Waals surface area (Å²) in [6.07, 6.45) is -4.49. The van der Waals surface area contributed by atoms with Crippen LogP contribution in [-0.4, -0.2) is 11.6 Å². The SMILES string of the molecule is CC1(C)CC(=O)C(c2ccc(Cl)cc2C(F)(F)F)C(=O)C1. The van der Waals surface area contributed by atoms with Crippen LogP contribution in [-0.2, 0) is 15.8 Å². The molecule has 2 nitrogen and oxygen atoms in total. The van der Waals surface area contributed by atoms with E-state index in [0.717, 1.165) is 12.1 Å². The Hall–Kier alpha value is -1.36. The molecule has 0 N–H and O–H groups in total. The van der Waals surface area contributed by atoms with E-state index in [4.69, 9.17) is 11.6 Å². The lowest BCUT2D eigenvalue weighted by molar-refractivity contribution is -0.140. The summed E-state index contributed by atoms with van der Waals surface area (Å²) >= 11 is 5.61. The Balaban J connectivity index is 2.52. The molecule has 0 aromatic heterocycles. The van der Waals surface area contributed by atoms with E-state index < -0.39 is 34.6 Å². The van der Waals surface area contributed by atoms with Gasteiger partial charge in [-0.15, -0.1) is 0 Å². The molecule has 0 atom stereocenters. The van der Waals surface area contributed by atoms with Crippen LogP contribution in [0.2, 0.25) is 5.02 Å². The number of halogens is 4. The number of Topliss-reactive ketones (excluding diaryl/α,β-unsaturated/α-hetero) is 2. The Bertz CT molecular complexity index is 585. The molecular formula is C15H14ClF3O2. The minimum atomic E-state index is -4.66. The van der Waals surface area contributed by atoms with E-state index in [1.165, 1.54) is 6.07 Å². The molecule has 1 aromatic rings. The smallest absolute Gasteiger partial charge is 0.299 e. The van der Waals surface area contributed by atoms with Crippen molar-refractivity contribution in [3.8, 4) is 0 Å². The quantitative estimate of drug-likeness (QED) is 0.719. The first-order valence-electron chi connectivity index (χ1n) is 6.43. The zero-order valence-electron chi connectivity index (χ0n) is 11.6. The minimum Gasteiger partial charge on any atom is -0.299 e. The van der Waals surface area contributed by atoms with E-state index in [2.05, 4.69) is 0 Å². The first kappa shape index (κ1) is 16.0. The van der Waals surface area contributed by atoms with Crippen LogP contribution >= 0.6 is 11.6 Å². The van der Waals surface area contributed by atoms with Crippen molar-refractivity contribution in [1.29, 1.82) is 0 Å². The Morgan fingerprint density at radius 1 is 1.14 bits per heavy atom. The molecule has 21 heavy (non-hydrogen) atoms. The van der Waals surface area contributed by atoms with Crippen LogP contribution in [0.1, 0.15) is 43.7 Å². The molecule has 0 saturated heterocycles. The molecule has 1 aliphatic rings. The van der Waals surface area contributed by atoms with Gasteiger partial charge in [0.15, 0.2) is 0 Å². The number of carbonyl (C=O) groups excluding carboxylic acids is 2. The predicted octanol–water partition coefficient (Wildman–Crippen LogP) is 4.40. The van der Waals surface area contributed by atoms with E-state index >= 15 is 0 Å². The molecule has 1 aromatic carbocycles. The first-order chi connectivity index (χ1) is 9.51. The van der Waals surface area contributed by atoms with Crippen molar-refractivity contribution in [2.75, 3.05) is 0 Å². The molecule has 1 fully saturated rings. The average Bonchev–Trinajstić information content (AvgIpc) is 2.26. The standard InChI is InChI=1S/C15H14ClF3O2/c1-14(2)6-11(20)13(12(21)7-14)9-4-3-8(16)5-10(9)15(17,18)19/h3-5,13H,6-7H2,1-2H3. The highest BCUT2D eigenvalue weighted by Crippen LogP contribution is 2.43. The lowest BCUT2D eigenvalue weighted by atomic mass is 9.69. The third kappa shape index (κ3) is 3.28. The number of hydrogen-bond acceptors (Lipinski definition) is 2. The number of hydrogen-bond donors (Lipinski definition) is 0. The predicted molar refractivity (Wildman–Crippen MR) is 72.2 cm³/mol. The fraction of sp³-hybridized carbons (Fsp3) is 0.467. The van der Waals surface area contributed by atoms with Gasteiger partial charge in [0.05, 0.1) is 5.56 Å². The molecular weight excluding hydrogens is 305 g/mol. The fourth-order valence-electron chi connectivity index (χ4n) is 2.76. The maximum absolute atomic E-state index is 13.1. The zero-order chi connectivity index (χ0) is 16.0. The average molecular weight is 319 g/mol. The maximum atomic E-state index is 13.1. The second-order valence-corrected chi connectivity index (χ2v) is 6.55. The Kier molecular flexibility index (Phi) is 3.91. The van der Waals surface area contributed by atoms with E-state index in [-0.39, 0.29) is 23.4 Å². The summed E-state index contributed by atoms with van der Waals surface area (Å²) < 4.78 is 39.3. The van der Waals surface area contributed by atoms with Crippen molar-refractivity contribution in [3.05, 3.63) is 34.3 Å². The van der Waals surface area contributed by atoms with Gasteiger partial charge in [0.1, 0.15) is 17.5 Å². The molecule has 1 saturated carbocycles. The highest BCUT2D eigenvalue weighted by molar-refractivity contribution is 6.30. The van der Waals surface area contributed by atoms with Crippen LogP contribution in [0.15, 0.2) is 18.2 Å². The topological polar surface area (TPSA) is 34.1 Å². The second-order valence-electron chi connectivity index (χ2n) is 6.11. The summed E-state index contributed by atoms with van der Waals surface area (Å²) in [6, 6.07) is 3.16. The second kappa shape index (κ2) is 5.13. The summed E-state index contributed by atoms with van der Waals surface area (Å²) in [5.74, 6) is -2.28. The van der Waals surface area contributed by atoms with Crippen molar-refractivity contribution in [3.63, 3.8) is 0 Å². The number of benzene rings is 1. The molecule has 0 spiro atoms. The number of carbonyl (C=O) groups is 2. The van der Waals surface area contributed by atoms with Gasteiger partial charge in [-0.2, -0.15) is 13.2 Å². The third-order valence-corrected chi connectivity index (χ3v) is 3.82. The molecule has 0 amide bonds. The van der Waals surface area contributed by atoms with Gasteiger partial charge in [-0.1, -0.05) is 31.5 Å². The van der Waals surface area contributed by atoms with Crippen molar-refractivity contribution in [1.82, 2.24) is 0 Å². The lowest BCUT2D eigenvalue weighted by Crippen LogP contribution is -2.37. The van der Waals surface area contributed by atoms with Gasteiger partial charge in [0, 0.05) is 17.9 Å². The highest BCUT2D eigenvalue weighted by atomic mass is 35.5. The van der Waals surface area contributed by atoms with Crippen LogP contribution in [0.4, 0.5) is 13.2 Å². The lowest BCUT2D eigenvalue weighted by Gasteiger charge is -2.33. The Morgan fingerprint density at radius 3 is 2.14 bits per heavy atom. The molecule has 1 aliphatic carbocycles. The molecule has 0 heterocycles. The van der Waals surface area contributed by atoms with Crippen molar-refractivity contribution >= 4 is 23.2 Å². The summed E-state index contributed by atoms with van der Waals surface area (Å²) in [4.78, 5) is 24.3. The van der Waals surface area contributed by atoms with Crippen molar-refractivity contribution in [2.24, 2.45) is 5.41 Å². The van der Waals surface area contributed by atoms with Gasteiger partial charge < -0.3 is 0 Å². The summed E-state index contributed by atoms with van der Waals surface area (Å²) in [5.41, 5.74) is -1.81. The molecule has 0 radical (unpaired) electrons. The number of alkyl halides is 3. The van der Waals surface area contributed by atoms with Crippen molar-refractivity contribution < 1.29 is 22.8 Å². The molecule has 0 unspecified atom stereocenters. The maximum Gasteiger partial charge on any atom is 0.416 e. The molecule has 0 bridgehead atoms. The molecule has 0 aliphatic heterocycles. The van der Waals surface area contributed by atoms with Gasteiger partial charge in [-0.25, -0.2) is 0 Å². The van der Waals surface area contributed by atoms with Gasteiger partial charge in [-0.05, 0) is 23.1 Å². The van der Waals surface area contributed by atoms with Crippen molar-refractivity contribution in [2.45, 2.75) is 38.8 Å². The van der Waals surface area contributed by atoms with Gasteiger partial charge in [0.2, 0.25) is 0 Å². The Morgan fingerprint density at radius 2 is 1.67 bits per heavy atom. The summed E-state index contributed by atoms with van der Waals surface area (Å²) in [5, 5.41) is -0.0814. The summed E-state index contributed by atoms with van der Waals surface area (Å²) in [7, 11) is 0. The molecule has 6 heteroatoms. The monoisotopic (exact) mass is 318 g/mol. The largest absolute Gasteiger partial charge is 0.416 e. The highest BCUT2D eigenvalue weighted by Gasteiger charge is 2.44. The van der Waals surface area contributed by atoms with E-state index in [1.807, 2.05) is 0 Å². The van der Waals surface area contributed by atoms with Crippen LogP contribution in [0, 0.1) is 5.41 Å². The number of ketones is 2. The third-order valence-electron chi connectivity index (χ3n) is 3.58. The summed E-state index contributed by atoms with van der Waals surface area (Å²) in [6.45, 7) is 3.51. The Labute approximate surface area is 125 Å². The van der Waals surface area contributed by atoms with E-state index in [0.29, 0.717) is 0 Å². The molecule has 2 rings (SSSR count). The minimum absolute atomic E-state index is 0.0814. The van der Waals surface area contributed by atoms with Crippen LogP contribution in [0.25, 0.3) is 0 Å².